The van der Waals surface area contributed by atoms with Crippen LogP contribution in [0.2, 0.25) is 0 Å². The molecule has 2 N–H and O–H groups in total. The van der Waals surface area contributed by atoms with E-state index < -0.39 is 11.7 Å². The first kappa shape index (κ1) is 22.2. The molecule has 3 rings (SSSR count). The summed E-state index contributed by atoms with van der Waals surface area (Å²) in [6.45, 7) is 0.431. The predicted molar refractivity (Wildman–Crippen MR) is 115 cm³/mol. The van der Waals surface area contributed by atoms with Crippen LogP contribution in [0.3, 0.4) is 0 Å². The summed E-state index contributed by atoms with van der Waals surface area (Å²) >= 11 is 0. The quantitative estimate of drug-likeness (QED) is 0.426. The van der Waals surface area contributed by atoms with Gasteiger partial charge in [-0.3, -0.25) is 4.79 Å². The smallest absolute Gasteiger partial charge is 0.416 e. The molecule has 0 unspecified atom stereocenters. The minimum atomic E-state index is -4.43. The van der Waals surface area contributed by atoms with E-state index in [-0.39, 0.29) is 18.1 Å². The first-order valence-electron chi connectivity index (χ1n) is 9.88. The van der Waals surface area contributed by atoms with Gasteiger partial charge in [-0.05, 0) is 60.9 Å². The maximum atomic E-state index is 12.7. The number of aryl methyl sites for hydroxylation is 1. The van der Waals surface area contributed by atoms with Gasteiger partial charge >= 0.3 is 6.18 Å². The standard InChI is InChI=1S/C24H23F3N2O2/c25-24(26,27)19-9-4-10-21(16-19)28-17-23(30)29-20-11-13-22(14-12-20)31-15-5-8-18-6-2-1-3-7-18/h1-4,6-7,9-14,16,28H,5,8,15,17H2,(H,29,30). The highest BCUT2D eigenvalue weighted by Crippen LogP contribution is 2.30. The number of benzene rings is 3. The van der Waals surface area contributed by atoms with Crippen molar-refractivity contribution in [2.75, 3.05) is 23.8 Å². The monoisotopic (exact) mass is 428 g/mol. The molecule has 0 saturated carbocycles. The SMILES string of the molecule is O=C(CNc1cccc(C(F)(F)F)c1)Nc1ccc(OCCCc2ccccc2)cc1. The van der Waals surface area contributed by atoms with Crippen LogP contribution in [-0.2, 0) is 17.4 Å². The number of amides is 1. The molecule has 0 aromatic heterocycles. The Morgan fingerprint density at radius 3 is 2.32 bits per heavy atom. The van der Waals surface area contributed by atoms with Crippen molar-refractivity contribution in [1.29, 1.82) is 0 Å². The van der Waals surface area contributed by atoms with Crippen LogP contribution in [0.1, 0.15) is 17.5 Å². The topological polar surface area (TPSA) is 50.4 Å². The van der Waals surface area contributed by atoms with Gasteiger partial charge < -0.3 is 15.4 Å². The van der Waals surface area contributed by atoms with Crippen LogP contribution in [0.25, 0.3) is 0 Å². The Bertz CT molecular complexity index is 974. The number of rotatable bonds is 9. The molecular formula is C24H23F3N2O2. The van der Waals surface area contributed by atoms with Crippen LogP contribution in [0.15, 0.2) is 78.9 Å². The summed E-state index contributed by atoms with van der Waals surface area (Å²) in [5, 5.41) is 5.39. The summed E-state index contributed by atoms with van der Waals surface area (Å²) in [5.74, 6) is 0.335. The summed E-state index contributed by atoms with van der Waals surface area (Å²) in [5.41, 5.74) is 1.30. The maximum absolute atomic E-state index is 12.7. The van der Waals surface area contributed by atoms with Crippen LogP contribution >= 0.6 is 0 Å². The van der Waals surface area contributed by atoms with Gasteiger partial charge in [0.25, 0.3) is 0 Å². The fourth-order valence-electron chi connectivity index (χ4n) is 2.94. The largest absolute Gasteiger partial charge is 0.494 e. The van der Waals surface area contributed by atoms with E-state index in [0.29, 0.717) is 18.0 Å². The van der Waals surface area contributed by atoms with E-state index >= 15 is 0 Å². The van der Waals surface area contributed by atoms with Crippen molar-refractivity contribution in [2.45, 2.75) is 19.0 Å². The molecule has 3 aromatic rings. The molecule has 0 radical (unpaired) electrons. The van der Waals surface area contributed by atoms with Gasteiger partial charge in [0, 0.05) is 11.4 Å². The van der Waals surface area contributed by atoms with E-state index in [1.165, 1.54) is 17.7 Å². The van der Waals surface area contributed by atoms with Crippen molar-refractivity contribution in [2.24, 2.45) is 0 Å². The van der Waals surface area contributed by atoms with Crippen LogP contribution in [0.4, 0.5) is 24.5 Å². The van der Waals surface area contributed by atoms with E-state index in [0.717, 1.165) is 25.0 Å². The predicted octanol–water partition coefficient (Wildman–Crippen LogP) is 5.77. The molecule has 0 atom stereocenters. The minimum absolute atomic E-state index is 0.154. The second-order valence-electron chi connectivity index (χ2n) is 6.94. The molecule has 0 fully saturated rings. The number of halogens is 3. The highest BCUT2D eigenvalue weighted by atomic mass is 19.4. The zero-order chi connectivity index (χ0) is 22.1. The van der Waals surface area contributed by atoms with Crippen molar-refractivity contribution in [1.82, 2.24) is 0 Å². The zero-order valence-corrected chi connectivity index (χ0v) is 16.8. The molecule has 0 aliphatic heterocycles. The molecule has 0 heterocycles. The lowest BCUT2D eigenvalue weighted by Gasteiger charge is -2.11. The number of alkyl halides is 3. The molecule has 0 aliphatic carbocycles. The van der Waals surface area contributed by atoms with Crippen LogP contribution in [0, 0.1) is 0 Å². The maximum Gasteiger partial charge on any atom is 0.416 e. The van der Waals surface area contributed by atoms with E-state index in [2.05, 4.69) is 22.8 Å². The highest BCUT2D eigenvalue weighted by Gasteiger charge is 2.30. The Balaban J connectivity index is 1.40. The lowest BCUT2D eigenvalue weighted by atomic mass is 10.1. The molecule has 0 spiro atoms. The molecule has 0 saturated heterocycles. The normalized spacial score (nSPS) is 11.1. The average Bonchev–Trinajstić information content (AvgIpc) is 2.77. The van der Waals surface area contributed by atoms with Gasteiger partial charge in [0.1, 0.15) is 5.75 Å². The molecule has 4 nitrogen and oxygen atoms in total. The second-order valence-corrected chi connectivity index (χ2v) is 6.94. The molecular weight excluding hydrogens is 405 g/mol. The summed E-state index contributed by atoms with van der Waals surface area (Å²) in [6.07, 6.45) is -2.59. The second kappa shape index (κ2) is 10.5. The lowest BCUT2D eigenvalue weighted by Crippen LogP contribution is -2.21. The number of hydrogen-bond donors (Lipinski definition) is 2. The van der Waals surface area contributed by atoms with Crippen LogP contribution in [0.5, 0.6) is 5.75 Å². The third-order valence-electron chi connectivity index (χ3n) is 4.50. The first-order chi connectivity index (χ1) is 14.9. The third kappa shape index (κ3) is 7.37. The molecule has 1 amide bonds. The number of hydrogen-bond acceptors (Lipinski definition) is 3. The van der Waals surface area contributed by atoms with E-state index in [1.54, 1.807) is 24.3 Å². The Morgan fingerprint density at radius 1 is 0.871 bits per heavy atom. The zero-order valence-electron chi connectivity index (χ0n) is 16.8. The molecule has 31 heavy (non-hydrogen) atoms. The highest BCUT2D eigenvalue weighted by molar-refractivity contribution is 5.93. The van der Waals surface area contributed by atoms with Crippen LogP contribution < -0.4 is 15.4 Å². The Morgan fingerprint density at radius 2 is 1.61 bits per heavy atom. The molecule has 162 valence electrons. The molecule has 7 heteroatoms. The number of nitrogens with one attached hydrogen (secondary N) is 2. The number of carbonyl (C=O) groups excluding carboxylic acids is 1. The number of carbonyl (C=O) groups is 1. The average molecular weight is 428 g/mol. The van der Waals surface area contributed by atoms with Gasteiger partial charge in [0.2, 0.25) is 5.91 Å². The first-order valence-corrected chi connectivity index (χ1v) is 9.88. The summed E-state index contributed by atoms with van der Waals surface area (Å²) in [7, 11) is 0. The van der Waals surface area contributed by atoms with E-state index in [1.807, 2.05) is 18.2 Å². The summed E-state index contributed by atoms with van der Waals surface area (Å²) in [6, 6.07) is 21.9. The lowest BCUT2D eigenvalue weighted by molar-refractivity contribution is -0.137. The molecule has 0 aliphatic rings. The van der Waals surface area contributed by atoms with Gasteiger partial charge in [-0.15, -0.1) is 0 Å². The number of ether oxygens (including phenoxy) is 1. The van der Waals surface area contributed by atoms with E-state index in [9.17, 15) is 18.0 Å². The van der Waals surface area contributed by atoms with Crippen molar-refractivity contribution in [3.63, 3.8) is 0 Å². The fraction of sp³-hybridized carbons (Fsp3) is 0.208. The molecule has 0 bridgehead atoms. The fourth-order valence-corrected chi connectivity index (χ4v) is 2.94. The van der Waals surface area contributed by atoms with Gasteiger partial charge in [0.05, 0.1) is 18.7 Å². The van der Waals surface area contributed by atoms with Gasteiger partial charge in [-0.2, -0.15) is 13.2 Å². The number of anilines is 2. The molecule has 3 aromatic carbocycles. The van der Waals surface area contributed by atoms with Crippen molar-refractivity contribution >= 4 is 17.3 Å². The minimum Gasteiger partial charge on any atom is -0.494 e. The van der Waals surface area contributed by atoms with E-state index in [4.69, 9.17) is 4.74 Å². The Labute approximate surface area is 179 Å². The van der Waals surface area contributed by atoms with Crippen molar-refractivity contribution < 1.29 is 22.7 Å². The van der Waals surface area contributed by atoms with Gasteiger partial charge in [0.15, 0.2) is 0 Å². The summed E-state index contributed by atoms with van der Waals surface area (Å²) < 4.78 is 44.0. The summed E-state index contributed by atoms with van der Waals surface area (Å²) in [4.78, 5) is 12.1. The van der Waals surface area contributed by atoms with Crippen molar-refractivity contribution in [3.8, 4) is 5.75 Å². The Kier molecular flexibility index (Phi) is 7.54. The third-order valence-corrected chi connectivity index (χ3v) is 4.50. The van der Waals surface area contributed by atoms with Gasteiger partial charge in [-0.25, -0.2) is 0 Å². The van der Waals surface area contributed by atoms with Crippen molar-refractivity contribution in [3.05, 3.63) is 90.0 Å². The van der Waals surface area contributed by atoms with Crippen LogP contribution in [-0.4, -0.2) is 19.1 Å². The Hall–Kier alpha value is -3.48. The van der Waals surface area contributed by atoms with Gasteiger partial charge in [-0.1, -0.05) is 36.4 Å².